The second-order valence-electron chi connectivity index (χ2n) is 4.32. The molecule has 4 nitrogen and oxygen atoms in total. The molecular weight excluding hydrogens is 252 g/mol. The number of nitrogens with one attached hydrogen (secondary N) is 1. The van der Waals surface area contributed by atoms with E-state index in [1.165, 1.54) is 0 Å². The Kier molecular flexibility index (Phi) is 6.12. The summed E-state index contributed by atoms with van der Waals surface area (Å²) in [7, 11) is 1.80. The van der Waals surface area contributed by atoms with Gasteiger partial charge < -0.3 is 10.4 Å². The number of benzene rings is 1. The van der Waals surface area contributed by atoms with Crippen molar-refractivity contribution in [2.24, 2.45) is 0 Å². The standard InChI is InChI=1S/C13H19ClN2O2/c1-3-12(17)8-16(2)9-13(18)15-11-6-4-5-10(14)7-11/h4-7,12,17H,3,8-9H2,1-2H3,(H,15,18). The van der Waals surface area contributed by atoms with Gasteiger partial charge >= 0.3 is 0 Å². The van der Waals surface area contributed by atoms with Gasteiger partial charge in [0.15, 0.2) is 0 Å². The molecule has 0 aliphatic carbocycles. The summed E-state index contributed by atoms with van der Waals surface area (Å²) in [6, 6.07) is 7.01. The molecule has 1 aromatic carbocycles. The molecular formula is C13H19ClN2O2. The second-order valence-corrected chi connectivity index (χ2v) is 4.75. The second kappa shape index (κ2) is 7.36. The Labute approximate surface area is 113 Å². The Balaban J connectivity index is 2.42. The molecule has 0 spiro atoms. The highest BCUT2D eigenvalue weighted by Crippen LogP contribution is 2.14. The summed E-state index contributed by atoms with van der Waals surface area (Å²) in [5.74, 6) is -0.122. The van der Waals surface area contributed by atoms with Gasteiger partial charge in [-0.25, -0.2) is 0 Å². The number of carbonyl (C=O) groups excluding carboxylic acids is 1. The van der Waals surface area contributed by atoms with Crippen LogP contribution in [0.1, 0.15) is 13.3 Å². The first-order chi connectivity index (χ1) is 8.51. The van der Waals surface area contributed by atoms with Gasteiger partial charge in [-0.3, -0.25) is 9.69 Å². The lowest BCUT2D eigenvalue weighted by molar-refractivity contribution is -0.117. The van der Waals surface area contributed by atoms with Crippen molar-refractivity contribution in [3.05, 3.63) is 29.3 Å². The SMILES string of the molecule is CCC(O)CN(C)CC(=O)Nc1cccc(Cl)c1. The third-order valence-electron chi connectivity index (χ3n) is 2.52. The molecule has 2 N–H and O–H groups in total. The van der Waals surface area contributed by atoms with Crippen molar-refractivity contribution in [2.75, 3.05) is 25.5 Å². The van der Waals surface area contributed by atoms with Crippen molar-refractivity contribution >= 4 is 23.2 Å². The number of nitrogens with zero attached hydrogens (tertiary/aromatic N) is 1. The van der Waals surface area contributed by atoms with Crippen LogP contribution in [-0.4, -0.2) is 42.2 Å². The van der Waals surface area contributed by atoms with Gasteiger partial charge in [0, 0.05) is 17.3 Å². The zero-order valence-corrected chi connectivity index (χ0v) is 11.4. The molecule has 1 unspecified atom stereocenters. The predicted octanol–water partition coefficient (Wildman–Crippen LogP) is 1.98. The van der Waals surface area contributed by atoms with E-state index < -0.39 is 6.10 Å². The van der Waals surface area contributed by atoms with Gasteiger partial charge in [0.05, 0.1) is 12.6 Å². The Hall–Kier alpha value is -1.10. The average Bonchev–Trinajstić information content (AvgIpc) is 2.28. The zero-order valence-electron chi connectivity index (χ0n) is 10.7. The quantitative estimate of drug-likeness (QED) is 0.831. The van der Waals surface area contributed by atoms with Crippen molar-refractivity contribution in [1.82, 2.24) is 4.90 Å². The molecule has 0 fully saturated rings. The molecule has 0 radical (unpaired) electrons. The molecule has 0 saturated heterocycles. The zero-order chi connectivity index (χ0) is 13.5. The van der Waals surface area contributed by atoms with Crippen LogP contribution in [0.4, 0.5) is 5.69 Å². The largest absolute Gasteiger partial charge is 0.392 e. The summed E-state index contributed by atoms with van der Waals surface area (Å²) in [5.41, 5.74) is 0.678. The van der Waals surface area contributed by atoms with Gasteiger partial charge in [0.2, 0.25) is 5.91 Å². The third-order valence-corrected chi connectivity index (χ3v) is 2.75. The number of rotatable bonds is 6. The number of likely N-dealkylation sites (N-methyl/N-ethyl adjacent to an activating group) is 1. The van der Waals surface area contributed by atoms with Gasteiger partial charge in [-0.1, -0.05) is 24.6 Å². The molecule has 0 aliphatic rings. The fourth-order valence-corrected chi connectivity index (χ4v) is 1.76. The van der Waals surface area contributed by atoms with Crippen molar-refractivity contribution in [1.29, 1.82) is 0 Å². The lowest BCUT2D eigenvalue weighted by atomic mass is 10.2. The average molecular weight is 271 g/mol. The van der Waals surface area contributed by atoms with Crippen LogP contribution >= 0.6 is 11.6 Å². The molecule has 0 saturated carbocycles. The first-order valence-corrected chi connectivity index (χ1v) is 6.31. The summed E-state index contributed by atoms with van der Waals surface area (Å²) < 4.78 is 0. The molecule has 100 valence electrons. The maximum absolute atomic E-state index is 11.7. The van der Waals surface area contributed by atoms with E-state index in [1.807, 2.05) is 6.92 Å². The molecule has 1 aromatic rings. The van der Waals surface area contributed by atoms with E-state index in [0.717, 1.165) is 0 Å². The van der Waals surface area contributed by atoms with Crippen LogP contribution in [0.5, 0.6) is 0 Å². The van der Waals surface area contributed by atoms with E-state index in [4.69, 9.17) is 11.6 Å². The molecule has 0 aliphatic heterocycles. The number of aliphatic hydroxyl groups is 1. The van der Waals surface area contributed by atoms with Gasteiger partial charge in [-0.2, -0.15) is 0 Å². The van der Waals surface area contributed by atoms with Crippen LogP contribution in [0.3, 0.4) is 0 Å². The van der Waals surface area contributed by atoms with Crippen molar-refractivity contribution in [2.45, 2.75) is 19.4 Å². The minimum Gasteiger partial charge on any atom is -0.392 e. The van der Waals surface area contributed by atoms with Crippen LogP contribution in [0.25, 0.3) is 0 Å². The van der Waals surface area contributed by atoms with Crippen molar-refractivity contribution in [3.8, 4) is 0 Å². The minimum atomic E-state index is -0.394. The van der Waals surface area contributed by atoms with E-state index in [9.17, 15) is 9.90 Å². The van der Waals surface area contributed by atoms with E-state index in [2.05, 4.69) is 5.32 Å². The van der Waals surface area contributed by atoms with E-state index in [0.29, 0.717) is 23.7 Å². The van der Waals surface area contributed by atoms with Crippen LogP contribution in [-0.2, 0) is 4.79 Å². The van der Waals surface area contributed by atoms with Crippen LogP contribution in [0, 0.1) is 0 Å². The van der Waals surface area contributed by atoms with E-state index in [1.54, 1.807) is 36.2 Å². The Morgan fingerprint density at radius 1 is 1.56 bits per heavy atom. The molecule has 1 rings (SSSR count). The summed E-state index contributed by atoms with van der Waals surface area (Å²) in [5, 5.41) is 12.8. The number of hydrogen-bond acceptors (Lipinski definition) is 3. The number of anilines is 1. The number of amides is 1. The Morgan fingerprint density at radius 3 is 2.89 bits per heavy atom. The van der Waals surface area contributed by atoms with Gasteiger partial charge in [-0.05, 0) is 31.7 Å². The van der Waals surface area contributed by atoms with Gasteiger partial charge in [0.25, 0.3) is 0 Å². The maximum Gasteiger partial charge on any atom is 0.238 e. The predicted molar refractivity (Wildman–Crippen MR) is 73.9 cm³/mol. The van der Waals surface area contributed by atoms with Crippen molar-refractivity contribution < 1.29 is 9.90 Å². The topological polar surface area (TPSA) is 52.6 Å². The Morgan fingerprint density at radius 2 is 2.28 bits per heavy atom. The summed E-state index contributed by atoms with van der Waals surface area (Å²) in [4.78, 5) is 13.5. The monoisotopic (exact) mass is 270 g/mol. The van der Waals surface area contributed by atoms with Crippen LogP contribution in [0.2, 0.25) is 5.02 Å². The highest BCUT2D eigenvalue weighted by atomic mass is 35.5. The summed E-state index contributed by atoms with van der Waals surface area (Å²) >= 11 is 5.83. The third kappa shape index (κ3) is 5.49. The lowest BCUT2D eigenvalue weighted by Gasteiger charge is -2.19. The van der Waals surface area contributed by atoms with Crippen molar-refractivity contribution in [3.63, 3.8) is 0 Å². The first-order valence-electron chi connectivity index (χ1n) is 5.93. The molecule has 1 atom stereocenters. The van der Waals surface area contributed by atoms with E-state index in [-0.39, 0.29) is 12.5 Å². The lowest BCUT2D eigenvalue weighted by Crippen LogP contribution is -2.35. The molecule has 5 heteroatoms. The number of halogens is 1. The van der Waals surface area contributed by atoms with Gasteiger partial charge in [-0.15, -0.1) is 0 Å². The molecule has 0 bridgehead atoms. The normalized spacial score (nSPS) is 12.5. The molecule has 18 heavy (non-hydrogen) atoms. The molecule has 0 heterocycles. The fraction of sp³-hybridized carbons (Fsp3) is 0.462. The first kappa shape index (κ1) is 15.0. The fourth-order valence-electron chi connectivity index (χ4n) is 1.57. The van der Waals surface area contributed by atoms with E-state index >= 15 is 0 Å². The number of carbonyl (C=O) groups is 1. The minimum absolute atomic E-state index is 0.122. The van der Waals surface area contributed by atoms with Crippen LogP contribution in [0.15, 0.2) is 24.3 Å². The number of aliphatic hydroxyl groups excluding tert-OH is 1. The smallest absolute Gasteiger partial charge is 0.238 e. The highest BCUT2D eigenvalue weighted by Gasteiger charge is 2.10. The highest BCUT2D eigenvalue weighted by molar-refractivity contribution is 6.30. The van der Waals surface area contributed by atoms with Crippen LogP contribution < -0.4 is 5.32 Å². The summed E-state index contributed by atoms with van der Waals surface area (Å²) in [6.07, 6.45) is 0.286. The van der Waals surface area contributed by atoms with Gasteiger partial charge in [0.1, 0.15) is 0 Å². The molecule has 1 amide bonds. The Bertz CT molecular complexity index is 398. The maximum atomic E-state index is 11.7. The molecule has 0 aromatic heterocycles. The summed E-state index contributed by atoms with van der Waals surface area (Å²) in [6.45, 7) is 2.63. The number of hydrogen-bond donors (Lipinski definition) is 2.